The van der Waals surface area contributed by atoms with E-state index in [4.69, 9.17) is 5.39 Å². The van der Waals surface area contributed by atoms with E-state index in [0.717, 1.165) is 6.20 Å². The number of aliphatic hydroxyl groups excluding tert-OH is 1. The second-order valence-electron chi connectivity index (χ2n) is 4.27. The average Bonchev–Trinajstić information content (AvgIpc) is 2.38. The van der Waals surface area contributed by atoms with Gasteiger partial charge in [-0.05, 0) is 6.92 Å². The Morgan fingerprint density at radius 2 is 1.95 bits per heavy atom. The summed E-state index contributed by atoms with van der Waals surface area (Å²) >= 11 is 0. The Kier molecular flexibility index (Phi) is 5.42. The highest BCUT2D eigenvalue weighted by Crippen LogP contribution is 2.20. The molecule has 19 heavy (non-hydrogen) atoms. The second kappa shape index (κ2) is 7.07. The largest absolute Gasteiger partial charge is 0.505 e. The number of carbonyl (C=O) groups is 2. The van der Waals surface area contributed by atoms with Gasteiger partial charge in [0.15, 0.2) is 16.5 Å². The summed E-state index contributed by atoms with van der Waals surface area (Å²) in [7, 11) is 0. The van der Waals surface area contributed by atoms with Gasteiger partial charge in [0.05, 0.1) is 0 Å². The molecule has 1 N–H and O–H groups in total. The lowest BCUT2D eigenvalue weighted by Gasteiger charge is -2.11. The van der Waals surface area contributed by atoms with Gasteiger partial charge in [0, 0.05) is 24.3 Å². The van der Waals surface area contributed by atoms with Crippen LogP contribution < -0.4 is 0 Å². The van der Waals surface area contributed by atoms with Crippen molar-refractivity contribution in [3.8, 4) is 0 Å². The number of diazo groups is 1. The highest BCUT2D eigenvalue weighted by Gasteiger charge is 2.23. The molecule has 0 bridgehead atoms. The first kappa shape index (κ1) is 14.6. The lowest BCUT2D eigenvalue weighted by Crippen LogP contribution is -2.14. The van der Waals surface area contributed by atoms with Gasteiger partial charge in [0.1, 0.15) is 5.78 Å². The number of aliphatic hydroxyl groups is 1. The van der Waals surface area contributed by atoms with Crippen molar-refractivity contribution in [2.24, 2.45) is 5.92 Å². The summed E-state index contributed by atoms with van der Waals surface area (Å²) < 4.78 is 0. The van der Waals surface area contributed by atoms with E-state index >= 15 is 0 Å². The zero-order valence-electron chi connectivity index (χ0n) is 10.6. The fourth-order valence-electron chi connectivity index (χ4n) is 1.76. The fraction of sp³-hybridized carbons (Fsp3) is 0.286. The summed E-state index contributed by atoms with van der Waals surface area (Å²) in [4.78, 5) is 25.8. The van der Waals surface area contributed by atoms with Gasteiger partial charge in [-0.25, -0.2) is 0 Å². The molecule has 98 valence electrons. The molecule has 1 aromatic carbocycles. The molecule has 0 spiro atoms. The van der Waals surface area contributed by atoms with Gasteiger partial charge in [0.2, 0.25) is 5.39 Å². The van der Waals surface area contributed by atoms with Gasteiger partial charge in [-0.1, -0.05) is 30.3 Å². The van der Waals surface area contributed by atoms with Crippen LogP contribution in [-0.4, -0.2) is 16.7 Å². The van der Waals surface area contributed by atoms with Crippen LogP contribution in [0.15, 0.2) is 42.3 Å². The summed E-state index contributed by atoms with van der Waals surface area (Å²) in [6.45, 7) is 1.38. The van der Waals surface area contributed by atoms with Crippen molar-refractivity contribution in [3.63, 3.8) is 0 Å². The van der Waals surface area contributed by atoms with Crippen LogP contribution in [0.1, 0.15) is 30.1 Å². The Morgan fingerprint density at radius 3 is 2.47 bits per heavy atom. The van der Waals surface area contributed by atoms with Gasteiger partial charge in [-0.3, -0.25) is 4.79 Å². The van der Waals surface area contributed by atoms with Crippen molar-refractivity contribution < 1.29 is 14.7 Å². The molecule has 0 aliphatic rings. The van der Waals surface area contributed by atoms with Crippen molar-refractivity contribution >= 4 is 11.6 Å². The number of benzene rings is 1. The van der Waals surface area contributed by atoms with E-state index in [9.17, 15) is 14.7 Å². The molecule has 5 heteroatoms. The third-order valence-corrected chi connectivity index (χ3v) is 2.67. The number of carbonyl (C=O) groups excluding carboxylic acids is 2. The summed E-state index contributed by atoms with van der Waals surface area (Å²) in [5.41, 5.74) is 0.518. The molecule has 1 rings (SSSR count). The average molecular weight is 259 g/mol. The third-order valence-electron chi connectivity index (χ3n) is 2.67. The van der Waals surface area contributed by atoms with Crippen LogP contribution in [0.4, 0.5) is 0 Å². The van der Waals surface area contributed by atoms with E-state index in [1.54, 1.807) is 30.3 Å². The van der Waals surface area contributed by atoms with Crippen LogP contribution >= 0.6 is 0 Å². The van der Waals surface area contributed by atoms with Gasteiger partial charge < -0.3 is 9.90 Å². The number of allylic oxidation sites excluding steroid dienone is 1. The highest BCUT2D eigenvalue weighted by molar-refractivity contribution is 5.96. The maximum atomic E-state index is 12.0. The summed E-state index contributed by atoms with van der Waals surface area (Å²) in [6, 6.07) is 8.62. The van der Waals surface area contributed by atoms with Crippen molar-refractivity contribution in [2.45, 2.75) is 19.8 Å². The molecule has 0 aromatic heterocycles. The Labute approximate surface area is 111 Å². The lowest BCUT2D eigenvalue weighted by molar-refractivity contribution is -0.117. The Balaban J connectivity index is 2.84. The number of ketones is 2. The van der Waals surface area contributed by atoms with Gasteiger partial charge in [-0.2, -0.15) is 0 Å². The van der Waals surface area contributed by atoms with Crippen molar-refractivity contribution in [1.82, 2.24) is 0 Å². The first-order valence-electron chi connectivity index (χ1n) is 5.85. The van der Waals surface area contributed by atoms with Crippen molar-refractivity contribution in [3.05, 3.63) is 52.8 Å². The molecule has 1 unspecified atom stereocenters. The molecule has 1 atom stereocenters. The predicted molar refractivity (Wildman–Crippen MR) is 70.0 cm³/mol. The normalized spacial score (nSPS) is 12.5. The summed E-state index contributed by atoms with van der Waals surface area (Å²) in [5.74, 6) is -1.27. The highest BCUT2D eigenvalue weighted by atomic mass is 16.3. The topological polar surface area (TPSA) is 82.5 Å². The van der Waals surface area contributed by atoms with E-state index in [0.29, 0.717) is 5.56 Å². The molecule has 0 aliphatic heterocycles. The van der Waals surface area contributed by atoms with Gasteiger partial charge in [0.25, 0.3) is 0 Å². The second-order valence-corrected chi connectivity index (χ2v) is 4.27. The zero-order chi connectivity index (χ0) is 14.3. The Hall–Kier alpha value is -2.48. The molecule has 1 aromatic rings. The molecule has 0 amide bonds. The number of hydrogen-bond donors (Lipinski definition) is 1. The molecule has 0 saturated heterocycles. The lowest BCUT2D eigenvalue weighted by atomic mass is 9.92. The smallest absolute Gasteiger partial charge is 0.387 e. The van der Waals surface area contributed by atoms with Crippen LogP contribution in [-0.2, 0) is 4.79 Å². The van der Waals surface area contributed by atoms with Gasteiger partial charge in [-0.15, -0.1) is 0 Å². The van der Waals surface area contributed by atoms with Crippen molar-refractivity contribution in [2.75, 3.05) is 0 Å². The van der Waals surface area contributed by atoms with Crippen LogP contribution in [0.2, 0.25) is 0 Å². The molecule has 0 fully saturated rings. The quantitative estimate of drug-likeness (QED) is 0.483. The third kappa shape index (κ3) is 4.72. The number of nitrogens with zero attached hydrogens (tertiary/aromatic N) is 2. The van der Waals surface area contributed by atoms with E-state index in [1.165, 1.54) is 6.92 Å². The maximum Gasteiger partial charge on any atom is 0.387 e. The minimum atomic E-state index is -0.666. The zero-order valence-corrected chi connectivity index (χ0v) is 10.6. The predicted octanol–water partition coefficient (Wildman–Crippen LogP) is 3.11. The number of rotatable bonds is 6. The standard InChI is InChI=1S/C14H14N2O3/c1-10(17)7-12(14(19)9-16-15)8-13(18)11-5-3-2-4-6-11/h2-6,9,12H,7-8H2,1H3/p+1/b14-9-. The molecule has 0 heterocycles. The first-order valence-corrected chi connectivity index (χ1v) is 5.85. The van der Waals surface area contributed by atoms with Gasteiger partial charge >= 0.3 is 6.20 Å². The molecule has 5 nitrogen and oxygen atoms in total. The van der Waals surface area contributed by atoms with Crippen LogP contribution in [0.5, 0.6) is 0 Å². The minimum Gasteiger partial charge on any atom is -0.505 e. The summed E-state index contributed by atoms with van der Waals surface area (Å²) in [5, 5.41) is 18.0. The Morgan fingerprint density at radius 1 is 1.32 bits per heavy atom. The maximum absolute atomic E-state index is 12.0. The van der Waals surface area contributed by atoms with Crippen LogP contribution in [0.3, 0.4) is 0 Å². The molecular formula is C14H15N2O3+. The van der Waals surface area contributed by atoms with E-state index in [2.05, 4.69) is 4.98 Å². The molecule has 0 aliphatic carbocycles. The first-order chi connectivity index (χ1) is 9.04. The monoisotopic (exact) mass is 259 g/mol. The number of Topliss-reactive ketones (excluding diaryl/α,β-unsaturated/α-hetero) is 2. The minimum absolute atomic E-state index is 0.0125. The summed E-state index contributed by atoms with van der Waals surface area (Å²) in [6.07, 6.45) is 0.851. The SMILES string of the molecule is CC(=O)CC(CC(=O)c1ccccc1)/C(O)=C/[N+]#N. The van der Waals surface area contributed by atoms with Crippen molar-refractivity contribution in [1.29, 1.82) is 5.39 Å². The van der Waals surface area contributed by atoms with E-state index in [1.807, 2.05) is 0 Å². The molecule has 0 saturated carbocycles. The Bertz CT molecular complexity index is 529. The van der Waals surface area contributed by atoms with Crippen LogP contribution in [0.25, 0.3) is 4.98 Å². The number of hydrogen-bond acceptors (Lipinski definition) is 4. The molecule has 0 radical (unpaired) electrons. The van der Waals surface area contributed by atoms with E-state index in [-0.39, 0.29) is 30.2 Å². The van der Waals surface area contributed by atoms with Crippen LogP contribution in [0, 0.1) is 11.3 Å². The van der Waals surface area contributed by atoms with E-state index < -0.39 is 5.92 Å². The molecular weight excluding hydrogens is 244 g/mol. The fourth-order valence-corrected chi connectivity index (χ4v) is 1.76.